The number of aliphatic carboxylic acids is 1. The summed E-state index contributed by atoms with van der Waals surface area (Å²) in [7, 11) is 1.81. The molecule has 0 saturated heterocycles. The highest BCUT2D eigenvalue weighted by Gasteiger charge is 2.26. The van der Waals surface area contributed by atoms with Crippen LogP contribution in [0, 0.1) is 0 Å². The van der Waals surface area contributed by atoms with Gasteiger partial charge in [0.1, 0.15) is 0 Å². The van der Waals surface area contributed by atoms with Gasteiger partial charge >= 0.3 is 5.97 Å². The summed E-state index contributed by atoms with van der Waals surface area (Å²) in [6.45, 7) is 0. The summed E-state index contributed by atoms with van der Waals surface area (Å²) in [6.07, 6.45) is 1.92. The number of nitrogens with zero attached hydrogens (tertiary/aromatic N) is 3. The fourth-order valence-electron chi connectivity index (χ4n) is 2.56. The van der Waals surface area contributed by atoms with Crippen LogP contribution in [-0.2, 0) is 24.7 Å². The maximum Gasteiger partial charge on any atom is 0.313 e. The highest BCUT2D eigenvalue weighted by Crippen LogP contribution is 2.32. The Bertz CT molecular complexity index is 629. The van der Waals surface area contributed by atoms with Crippen molar-refractivity contribution in [1.82, 2.24) is 14.8 Å². The summed E-state index contributed by atoms with van der Waals surface area (Å²) >= 11 is 1.21. The lowest BCUT2D eigenvalue weighted by molar-refractivity contribution is -0.133. The summed E-state index contributed by atoms with van der Waals surface area (Å²) in [5, 5.41) is 13.8. The fourth-order valence-corrected chi connectivity index (χ4v) is 3.19. The van der Waals surface area contributed by atoms with E-state index in [1.54, 1.807) is 4.68 Å². The Kier molecular flexibility index (Phi) is 3.48. The molecule has 0 aliphatic heterocycles. The van der Waals surface area contributed by atoms with E-state index in [-0.39, 0.29) is 5.75 Å². The number of hydrogen-bond acceptors (Lipinski definition) is 4. The van der Waals surface area contributed by atoms with Gasteiger partial charge in [-0.2, -0.15) is 5.10 Å². The van der Waals surface area contributed by atoms with Crippen LogP contribution in [0.3, 0.4) is 0 Å². The molecule has 1 aliphatic rings. The van der Waals surface area contributed by atoms with E-state index < -0.39 is 5.97 Å². The van der Waals surface area contributed by atoms with Crippen LogP contribution < -0.4 is 0 Å². The van der Waals surface area contributed by atoms with Crippen molar-refractivity contribution >= 4 is 17.7 Å². The predicted molar refractivity (Wildman–Crippen MR) is 76.0 cm³/mol. The molecule has 104 valence electrons. The second kappa shape index (κ2) is 5.28. The molecular weight excluding hydrogens is 274 g/mol. The molecule has 0 radical (unpaired) electrons. The monoisotopic (exact) mass is 289 g/mol. The standard InChI is InChI=1S/C14H15N3O2S/c1-17-14(20-8-12(18)19)15-13(16-17)11-6-9-4-2-3-5-10(9)7-11/h2-5,11H,6-8H2,1H3,(H,18,19). The molecule has 3 rings (SSSR count). The molecule has 20 heavy (non-hydrogen) atoms. The third-order valence-electron chi connectivity index (χ3n) is 3.48. The molecule has 1 aromatic carbocycles. The number of fused-ring (bicyclic) bond motifs is 1. The zero-order valence-electron chi connectivity index (χ0n) is 11.1. The van der Waals surface area contributed by atoms with E-state index in [0.29, 0.717) is 11.1 Å². The lowest BCUT2D eigenvalue weighted by Gasteiger charge is -2.01. The molecule has 5 nitrogen and oxygen atoms in total. The Morgan fingerprint density at radius 2 is 2.05 bits per heavy atom. The summed E-state index contributed by atoms with van der Waals surface area (Å²) in [6, 6.07) is 8.42. The molecule has 0 atom stereocenters. The zero-order chi connectivity index (χ0) is 14.1. The summed E-state index contributed by atoms with van der Waals surface area (Å²) < 4.78 is 1.67. The van der Waals surface area contributed by atoms with Gasteiger partial charge in [-0.3, -0.25) is 4.79 Å². The van der Waals surface area contributed by atoms with Crippen LogP contribution in [0.1, 0.15) is 22.9 Å². The van der Waals surface area contributed by atoms with Crippen LogP contribution in [0.25, 0.3) is 0 Å². The van der Waals surface area contributed by atoms with E-state index in [1.165, 1.54) is 22.9 Å². The highest BCUT2D eigenvalue weighted by molar-refractivity contribution is 7.99. The lowest BCUT2D eigenvalue weighted by atomic mass is 10.1. The van der Waals surface area contributed by atoms with Gasteiger partial charge in [-0.05, 0) is 24.0 Å². The summed E-state index contributed by atoms with van der Waals surface area (Å²) in [4.78, 5) is 15.1. The van der Waals surface area contributed by atoms with Crippen LogP contribution in [0.5, 0.6) is 0 Å². The molecule has 1 aliphatic carbocycles. The van der Waals surface area contributed by atoms with Gasteiger partial charge in [0.25, 0.3) is 0 Å². The fraction of sp³-hybridized carbons (Fsp3) is 0.357. The third-order valence-corrected chi connectivity index (χ3v) is 4.49. The van der Waals surface area contributed by atoms with Crippen LogP contribution in [0.4, 0.5) is 0 Å². The van der Waals surface area contributed by atoms with Crippen molar-refractivity contribution < 1.29 is 9.90 Å². The molecule has 0 fully saturated rings. The van der Waals surface area contributed by atoms with Gasteiger partial charge in [0.15, 0.2) is 11.0 Å². The summed E-state index contributed by atoms with van der Waals surface area (Å²) in [5.41, 5.74) is 2.73. The van der Waals surface area contributed by atoms with Crippen molar-refractivity contribution in [3.63, 3.8) is 0 Å². The van der Waals surface area contributed by atoms with E-state index in [4.69, 9.17) is 5.11 Å². The molecular formula is C14H15N3O2S. The molecule has 1 heterocycles. The quantitative estimate of drug-likeness (QED) is 0.870. The Labute approximate surface area is 121 Å². The first kappa shape index (κ1) is 13.2. The number of hydrogen-bond donors (Lipinski definition) is 1. The van der Waals surface area contributed by atoms with E-state index in [9.17, 15) is 4.79 Å². The number of rotatable bonds is 4. The van der Waals surface area contributed by atoms with Gasteiger partial charge in [-0.25, -0.2) is 9.67 Å². The first-order valence-electron chi connectivity index (χ1n) is 6.46. The first-order chi connectivity index (χ1) is 9.63. The van der Waals surface area contributed by atoms with E-state index in [1.807, 2.05) is 7.05 Å². The van der Waals surface area contributed by atoms with Crippen molar-refractivity contribution in [2.75, 3.05) is 5.75 Å². The highest BCUT2D eigenvalue weighted by atomic mass is 32.2. The van der Waals surface area contributed by atoms with Crippen molar-refractivity contribution in [2.24, 2.45) is 7.05 Å². The molecule has 0 unspecified atom stereocenters. The number of thioether (sulfide) groups is 1. The smallest absolute Gasteiger partial charge is 0.313 e. The predicted octanol–water partition coefficient (Wildman–Crippen LogP) is 1.87. The summed E-state index contributed by atoms with van der Waals surface area (Å²) in [5.74, 6) is 0.291. The number of carboxylic acid groups (broad SMARTS) is 1. The van der Waals surface area contributed by atoms with Crippen LogP contribution in [0.15, 0.2) is 29.4 Å². The van der Waals surface area contributed by atoms with Gasteiger partial charge in [-0.15, -0.1) is 0 Å². The zero-order valence-corrected chi connectivity index (χ0v) is 11.9. The van der Waals surface area contributed by atoms with Crippen LogP contribution in [-0.4, -0.2) is 31.6 Å². The second-order valence-electron chi connectivity index (χ2n) is 4.93. The maximum atomic E-state index is 10.6. The van der Waals surface area contributed by atoms with Crippen molar-refractivity contribution in [3.8, 4) is 0 Å². The lowest BCUT2D eigenvalue weighted by Crippen LogP contribution is -2.01. The van der Waals surface area contributed by atoms with Crippen molar-refractivity contribution in [1.29, 1.82) is 0 Å². The Morgan fingerprint density at radius 3 is 2.65 bits per heavy atom. The van der Waals surface area contributed by atoms with Gasteiger partial charge in [0.2, 0.25) is 0 Å². The number of aryl methyl sites for hydroxylation is 1. The minimum absolute atomic E-state index is 0.0108. The van der Waals surface area contributed by atoms with Crippen LogP contribution >= 0.6 is 11.8 Å². The largest absolute Gasteiger partial charge is 0.481 e. The normalized spacial score (nSPS) is 14.4. The number of carboxylic acids is 1. The van der Waals surface area contributed by atoms with Crippen LogP contribution in [0.2, 0.25) is 0 Å². The molecule has 1 aromatic heterocycles. The van der Waals surface area contributed by atoms with E-state index >= 15 is 0 Å². The molecule has 0 amide bonds. The molecule has 0 bridgehead atoms. The Hall–Kier alpha value is -1.82. The molecule has 6 heteroatoms. The average Bonchev–Trinajstić information content (AvgIpc) is 2.99. The Morgan fingerprint density at radius 1 is 1.40 bits per heavy atom. The molecule has 2 aromatic rings. The molecule has 0 saturated carbocycles. The second-order valence-corrected chi connectivity index (χ2v) is 5.87. The minimum atomic E-state index is -0.840. The van der Waals surface area contributed by atoms with Gasteiger partial charge in [0.05, 0.1) is 5.75 Å². The number of carbonyl (C=O) groups is 1. The topological polar surface area (TPSA) is 68.0 Å². The van der Waals surface area contributed by atoms with Gasteiger partial charge in [0, 0.05) is 13.0 Å². The first-order valence-corrected chi connectivity index (χ1v) is 7.44. The van der Waals surface area contributed by atoms with E-state index in [0.717, 1.165) is 18.7 Å². The Balaban J connectivity index is 1.76. The van der Waals surface area contributed by atoms with Gasteiger partial charge < -0.3 is 5.11 Å². The maximum absolute atomic E-state index is 10.6. The SMILES string of the molecule is Cn1nc(C2Cc3ccccc3C2)nc1SCC(=O)O. The van der Waals surface area contributed by atoms with Gasteiger partial charge in [-0.1, -0.05) is 36.0 Å². The minimum Gasteiger partial charge on any atom is -0.481 e. The van der Waals surface area contributed by atoms with Crippen molar-refractivity contribution in [3.05, 3.63) is 41.2 Å². The third kappa shape index (κ3) is 2.56. The number of benzene rings is 1. The van der Waals surface area contributed by atoms with E-state index in [2.05, 4.69) is 34.3 Å². The molecule has 0 spiro atoms. The average molecular weight is 289 g/mol. The molecule has 1 N–H and O–H groups in total. The number of aromatic nitrogens is 3. The van der Waals surface area contributed by atoms with Crippen molar-refractivity contribution in [2.45, 2.75) is 23.9 Å².